The second kappa shape index (κ2) is 4.42. The Hall–Kier alpha value is -0.743. The molecular weight excluding hydrogens is 306 g/mol. The molecule has 0 aliphatic rings. The standard InChI is InChI=1S/C14H20BrNOSi/c1-14(2,3)18(4,5)17-12-8-6-7-11-13(12)10(15)9-16-11/h6-9,16H,1-5H3. The van der Waals surface area contributed by atoms with Crippen LogP contribution >= 0.6 is 15.9 Å². The van der Waals surface area contributed by atoms with Gasteiger partial charge in [-0.3, -0.25) is 0 Å². The molecule has 0 aliphatic carbocycles. The average Bonchev–Trinajstić information content (AvgIpc) is 2.59. The Kier molecular flexibility index (Phi) is 3.36. The van der Waals surface area contributed by atoms with Gasteiger partial charge in [0.1, 0.15) is 5.75 Å². The summed E-state index contributed by atoms with van der Waals surface area (Å²) in [6.45, 7) is 11.3. The molecule has 1 N–H and O–H groups in total. The second-order valence-electron chi connectivity index (χ2n) is 6.18. The van der Waals surface area contributed by atoms with Gasteiger partial charge in [-0.25, -0.2) is 0 Å². The summed E-state index contributed by atoms with van der Waals surface area (Å²) in [4.78, 5) is 3.24. The van der Waals surface area contributed by atoms with Crippen molar-refractivity contribution in [3.63, 3.8) is 0 Å². The molecule has 4 heteroatoms. The third kappa shape index (κ3) is 2.36. The normalized spacial score (nSPS) is 13.0. The Morgan fingerprint density at radius 1 is 1.22 bits per heavy atom. The molecule has 0 saturated heterocycles. The quantitative estimate of drug-likeness (QED) is 0.743. The molecule has 1 aromatic carbocycles. The topological polar surface area (TPSA) is 25.0 Å². The average molecular weight is 326 g/mol. The second-order valence-corrected chi connectivity index (χ2v) is 11.8. The van der Waals surface area contributed by atoms with Crippen LogP contribution in [-0.4, -0.2) is 13.3 Å². The minimum absolute atomic E-state index is 0.206. The fraction of sp³-hybridized carbons (Fsp3) is 0.429. The van der Waals surface area contributed by atoms with E-state index in [2.05, 4.69) is 66.9 Å². The van der Waals surface area contributed by atoms with Crippen LogP contribution in [0.5, 0.6) is 5.75 Å². The molecule has 1 heterocycles. The first-order valence-corrected chi connectivity index (χ1v) is 9.87. The number of aromatic nitrogens is 1. The first-order chi connectivity index (χ1) is 8.22. The highest BCUT2D eigenvalue weighted by atomic mass is 79.9. The smallest absolute Gasteiger partial charge is 0.250 e. The van der Waals surface area contributed by atoms with Gasteiger partial charge < -0.3 is 9.41 Å². The van der Waals surface area contributed by atoms with Crippen LogP contribution in [0.25, 0.3) is 10.9 Å². The molecular formula is C14H20BrNOSi. The van der Waals surface area contributed by atoms with Gasteiger partial charge in [0.15, 0.2) is 0 Å². The number of aromatic amines is 1. The molecule has 0 spiro atoms. The Balaban J connectivity index is 2.47. The minimum atomic E-state index is -1.79. The molecule has 98 valence electrons. The molecule has 0 fully saturated rings. The van der Waals surface area contributed by atoms with Crippen molar-refractivity contribution in [1.29, 1.82) is 0 Å². The lowest BCUT2D eigenvalue weighted by Gasteiger charge is -2.36. The molecule has 0 amide bonds. The number of hydrogen-bond donors (Lipinski definition) is 1. The molecule has 18 heavy (non-hydrogen) atoms. The number of rotatable bonds is 2. The predicted octanol–water partition coefficient (Wildman–Crippen LogP) is 5.31. The number of nitrogens with one attached hydrogen (secondary N) is 1. The highest BCUT2D eigenvalue weighted by molar-refractivity contribution is 9.10. The summed E-state index contributed by atoms with van der Waals surface area (Å²) in [5.74, 6) is 0.979. The molecule has 0 bridgehead atoms. The molecule has 0 aliphatic heterocycles. The fourth-order valence-electron chi connectivity index (χ4n) is 1.62. The number of benzene rings is 1. The van der Waals surface area contributed by atoms with Crippen molar-refractivity contribution in [2.45, 2.75) is 38.9 Å². The van der Waals surface area contributed by atoms with Crippen molar-refractivity contribution in [3.8, 4) is 5.75 Å². The largest absolute Gasteiger partial charge is 0.543 e. The van der Waals surface area contributed by atoms with Gasteiger partial charge in [0.05, 0.1) is 10.9 Å². The van der Waals surface area contributed by atoms with Crippen molar-refractivity contribution < 1.29 is 4.43 Å². The summed E-state index contributed by atoms with van der Waals surface area (Å²) in [6, 6.07) is 6.16. The van der Waals surface area contributed by atoms with Gasteiger partial charge in [-0.2, -0.15) is 0 Å². The summed E-state index contributed by atoms with van der Waals surface area (Å²) in [5.41, 5.74) is 1.11. The van der Waals surface area contributed by atoms with E-state index in [9.17, 15) is 0 Å². The number of hydrogen-bond acceptors (Lipinski definition) is 1. The van der Waals surface area contributed by atoms with Gasteiger partial charge in [0.2, 0.25) is 0 Å². The van der Waals surface area contributed by atoms with E-state index >= 15 is 0 Å². The molecule has 0 unspecified atom stereocenters. The van der Waals surface area contributed by atoms with Crippen LogP contribution in [0.1, 0.15) is 20.8 Å². The van der Waals surface area contributed by atoms with Gasteiger partial charge in [-0.15, -0.1) is 0 Å². The van der Waals surface area contributed by atoms with Crippen molar-refractivity contribution in [2.75, 3.05) is 0 Å². The third-order valence-electron chi connectivity index (χ3n) is 3.79. The lowest BCUT2D eigenvalue weighted by atomic mass is 10.2. The SMILES string of the molecule is CC(C)(C)[Si](C)(C)Oc1cccc2[nH]cc(Br)c12. The van der Waals surface area contributed by atoms with E-state index in [1.165, 1.54) is 0 Å². The van der Waals surface area contributed by atoms with E-state index in [0.717, 1.165) is 21.1 Å². The summed E-state index contributed by atoms with van der Waals surface area (Å²) in [7, 11) is -1.79. The van der Waals surface area contributed by atoms with E-state index in [-0.39, 0.29) is 5.04 Å². The zero-order chi connectivity index (χ0) is 13.6. The monoisotopic (exact) mass is 325 g/mol. The van der Waals surface area contributed by atoms with Gasteiger partial charge in [0, 0.05) is 10.7 Å². The van der Waals surface area contributed by atoms with Gasteiger partial charge in [-0.1, -0.05) is 26.8 Å². The number of fused-ring (bicyclic) bond motifs is 1. The third-order valence-corrected chi connectivity index (χ3v) is 8.76. The molecule has 1 aromatic heterocycles. The van der Waals surface area contributed by atoms with E-state index in [4.69, 9.17) is 4.43 Å². The maximum absolute atomic E-state index is 6.41. The molecule has 2 rings (SSSR count). The lowest BCUT2D eigenvalue weighted by molar-refractivity contribution is 0.496. The van der Waals surface area contributed by atoms with Gasteiger partial charge in [0.25, 0.3) is 8.32 Å². The zero-order valence-corrected chi connectivity index (χ0v) is 14.2. The van der Waals surface area contributed by atoms with Gasteiger partial charge in [-0.05, 0) is 46.2 Å². The van der Waals surface area contributed by atoms with E-state index in [1.54, 1.807) is 0 Å². The summed E-state index contributed by atoms with van der Waals surface area (Å²) < 4.78 is 7.47. The molecule has 2 aromatic rings. The zero-order valence-electron chi connectivity index (χ0n) is 11.6. The maximum Gasteiger partial charge on any atom is 0.250 e. The maximum atomic E-state index is 6.41. The Bertz CT molecular complexity index is 569. The lowest BCUT2D eigenvalue weighted by Crippen LogP contribution is -2.43. The van der Waals surface area contributed by atoms with Crippen LogP contribution in [0.3, 0.4) is 0 Å². The van der Waals surface area contributed by atoms with E-state index < -0.39 is 8.32 Å². The Labute approximate surface area is 118 Å². The van der Waals surface area contributed by atoms with Crippen LogP contribution in [0.2, 0.25) is 18.1 Å². The predicted molar refractivity (Wildman–Crippen MR) is 83.8 cm³/mol. The van der Waals surface area contributed by atoms with Crippen molar-refractivity contribution in [2.24, 2.45) is 0 Å². The van der Waals surface area contributed by atoms with E-state index in [0.29, 0.717) is 0 Å². The summed E-state index contributed by atoms with van der Waals surface area (Å²) >= 11 is 3.58. The molecule has 2 nitrogen and oxygen atoms in total. The fourth-order valence-corrected chi connectivity index (χ4v) is 3.17. The highest BCUT2D eigenvalue weighted by Gasteiger charge is 2.39. The molecule has 0 radical (unpaired) electrons. The first kappa shape index (κ1) is 13.7. The number of H-pyrrole nitrogens is 1. The minimum Gasteiger partial charge on any atom is -0.543 e. The number of halogens is 1. The molecule has 0 saturated carbocycles. The van der Waals surface area contributed by atoms with Crippen LogP contribution in [0, 0.1) is 0 Å². The highest BCUT2D eigenvalue weighted by Crippen LogP contribution is 2.40. The van der Waals surface area contributed by atoms with Crippen LogP contribution < -0.4 is 4.43 Å². The summed E-state index contributed by atoms with van der Waals surface area (Å²) in [5, 5.41) is 1.35. The molecule has 0 atom stereocenters. The Morgan fingerprint density at radius 3 is 2.50 bits per heavy atom. The van der Waals surface area contributed by atoms with Crippen LogP contribution in [-0.2, 0) is 0 Å². The van der Waals surface area contributed by atoms with Crippen molar-refractivity contribution in [3.05, 3.63) is 28.9 Å². The first-order valence-electron chi connectivity index (χ1n) is 6.17. The van der Waals surface area contributed by atoms with Crippen LogP contribution in [0.15, 0.2) is 28.9 Å². The van der Waals surface area contributed by atoms with E-state index in [1.807, 2.05) is 12.3 Å². The van der Waals surface area contributed by atoms with Crippen molar-refractivity contribution in [1.82, 2.24) is 4.98 Å². The van der Waals surface area contributed by atoms with Gasteiger partial charge >= 0.3 is 0 Å². The summed E-state index contributed by atoms with van der Waals surface area (Å²) in [6.07, 6.45) is 1.96. The van der Waals surface area contributed by atoms with Crippen LogP contribution in [0.4, 0.5) is 0 Å². The Morgan fingerprint density at radius 2 is 1.89 bits per heavy atom. The van der Waals surface area contributed by atoms with Crippen molar-refractivity contribution >= 4 is 35.2 Å².